The molecule has 0 unspecified atom stereocenters. The highest BCUT2D eigenvalue weighted by Gasteiger charge is 2.21. The van der Waals surface area contributed by atoms with Gasteiger partial charge < -0.3 is 13.6 Å². The van der Waals surface area contributed by atoms with Gasteiger partial charge in [0.2, 0.25) is 5.89 Å². The highest BCUT2D eigenvalue weighted by molar-refractivity contribution is 6.26. The predicted octanol–water partition coefficient (Wildman–Crippen LogP) is 16.5. The first-order valence-electron chi connectivity index (χ1n) is 22.2. The Labute approximate surface area is 373 Å². The number of oxazole rings is 1. The maximum atomic E-state index is 6.46. The van der Waals surface area contributed by atoms with E-state index in [1.165, 1.54) is 70.8 Å². The zero-order valence-corrected chi connectivity index (χ0v) is 35.1. The van der Waals surface area contributed by atoms with Gasteiger partial charge in [0, 0.05) is 44.0 Å². The molecule has 4 heteroatoms. The van der Waals surface area contributed by atoms with Crippen LogP contribution in [0.25, 0.3) is 132 Å². The predicted molar refractivity (Wildman–Crippen MR) is 272 cm³/mol. The summed E-state index contributed by atoms with van der Waals surface area (Å²) in [6.07, 6.45) is 0. The highest BCUT2D eigenvalue weighted by Crippen LogP contribution is 2.43. The van der Waals surface area contributed by atoms with Crippen LogP contribution in [0.3, 0.4) is 0 Å². The van der Waals surface area contributed by atoms with Crippen LogP contribution >= 0.6 is 0 Å². The number of benzene rings is 11. The van der Waals surface area contributed by atoms with E-state index < -0.39 is 0 Å². The summed E-state index contributed by atoms with van der Waals surface area (Å²) in [6, 6.07) is 81.2. The number of para-hydroxylation sites is 3. The van der Waals surface area contributed by atoms with Crippen molar-refractivity contribution < 1.29 is 4.42 Å². The molecule has 0 atom stereocenters. The van der Waals surface area contributed by atoms with Crippen molar-refractivity contribution >= 4 is 87.0 Å². The van der Waals surface area contributed by atoms with E-state index in [2.05, 4.69) is 203 Å². The Morgan fingerprint density at radius 1 is 0.308 bits per heavy atom. The molecular weight excluding hydrogens is 791 g/mol. The molecule has 14 rings (SSSR count). The third-order valence-corrected chi connectivity index (χ3v) is 13.5. The van der Waals surface area contributed by atoms with E-state index in [0.29, 0.717) is 5.89 Å². The SMILES string of the molecule is c1ccc(-c2nc3cc4c(cc3o2)c2cc(-c3cccc5c6ccccc6n(-c6ccc(-c7ccc8c9ccccc9c9ccccc9c8c7)cc6)c35)ccc2n4-c2ccccc2)cc1. The van der Waals surface area contributed by atoms with Gasteiger partial charge in [-0.05, 0) is 122 Å². The Morgan fingerprint density at radius 2 is 0.862 bits per heavy atom. The van der Waals surface area contributed by atoms with Crippen molar-refractivity contribution in [2.45, 2.75) is 0 Å². The number of hydrogen-bond acceptors (Lipinski definition) is 2. The van der Waals surface area contributed by atoms with Gasteiger partial charge >= 0.3 is 0 Å². The Hall–Kier alpha value is -8.73. The van der Waals surface area contributed by atoms with Crippen molar-refractivity contribution in [2.24, 2.45) is 0 Å². The molecule has 0 aliphatic rings. The minimum atomic E-state index is 0.622. The van der Waals surface area contributed by atoms with Crippen LogP contribution in [0, 0.1) is 0 Å². The smallest absolute Gasteiger partial charge is 0.227 e. The van der Waals surface area contributed by atoms with E-state index >= 15 is 0 Å². The maximum Gasteiger partial charge on any atom is 0.227 e. The van der Waals surface area contributed by atoms with E-state index in [0.717, 1.165) is 55.4 Å². The van der Waals surface area contributed by atoms with Crippen molar-refractivity contribution in [1.29, 1.82) is 0 Å². The second kappa shape index (κ2) is 13.9. The van der Waals surface area contributed by atoms with Crippen molar-refractivity contribution in [2.75, 3.05) is 0 Å². The normalized spacial score (nSPS) is 12.0. The van der Waals surface area contributed by atoms with Gasteiger partial charge in [-0.2, -0.15) is 0 Å². The number of rotatable bonds is 5. The molecule has 0 amide bonds. The lowest BCUT2D eigenvalue weighted by Gasteiger charge is -2.14. The summed E-state index contributed by atoms with van der Waals surface area (Å²) in [5.41, 5.74) is 14.1. The lowest BCUT2D eigenvalue weighted by atomic mass is 9.92. The van der Waals surface area contributed by atoms with E-state index in [1.54, 1.807) is 0 Å². The number of fused-ring (bicyclic) bond motifs is 13. The molecular formula is C61H37N3O. The van der Waals surface area contributed by atoms with Crippen LogP contribution in [-0.2, 0) is 0 Å². The van der Waals surface area contributed by atoms with Gasteiger partial charge in [-0.3, -0.25) is 0 Å². The number of aromatic nitrogens is 3. The molecule has 14 aromatic rings. The third kappa shape index (κ3) is 5.41. The molecule has 3 aromatic heterocycles. The Morgan fingerprint density at radius 3 is 1.62 bits per heavy atom. The van der Waals surface area contributed by atoms with Crippen LogP contribution in [0.4, 0.5) is 0 Å². The summed E-state index contributed by atoms with van der Waals surface area (Å²) in [7, 11) is 0. The van der Waals surface area contributed by atoms with Crippen molar-refractivity contribution in [1.82, 2.24) is 14.1 Å². The van der Waals surface area contributed by atoms with Crippen molar-refractivity contribution in [3.05, 3.63) is 224 Å². The van der Waals surface area contributed by atoms with Crippen LogP contribution in [0.15, 0.2) is 229 Å². The number of nitrogens with zero attached hydrogens (tertiary/aromatic N) is 3. The molecule has 0 saturated heterocycles. The molecule has 0 aliphatic heterocycles. The summed E-state index contributed by atoms with van der Waals surface area (Å²) in [5.74, 6) is 0.622. The van der Waals surface area contributed by atoms with Gasteiger partial charge in [-0.1, -0.05) is 152 Å². The second-order valence-corrected chi connectivity index (χ2v) is 17.1. The zero-order valence-electron chi connectivity index (χ0n) is 35.1. The monoisotopic (exact) mass is 827 g/mol. The molecule has 0 saturated carbocycles. The maximum absolute atomic E-state index is 6.46. The number of hydrogen-bond donors (Lipinski definition) is 0. The van der Waals surface area contributed by atoms with Gasteiger partial charge in [0.15, 0.2) is 5.58 Å². The summed E-state index contributed by atoms with van der Waals surface area (Å²) >= 11 is 0. The second-order valence-electron chi connectivity index (χ2n) is 17.1. The zero-order chi connectivity index (χ0) is 42.6. The molecule has 0 radical (unpaired) electrons. The standard InChI is InChI=1S/C61H37N3O/c1-3-14-39(15-4-1)61-62-55-37-58-54(36-59(55)65-61)53-35-41(29-33-57(53)63(58)42-16-5-2-6-17-42)44-23-13-24-51-50-22-11-12-25-56(50)64(60(44)51)43-30-26-38(27-31-43)40-28-32-49-47-20-8-7-18-45(47)46-19-9-10-21-48(46)52(49)34-40/h1-37H. The van der Waals surface area contributed by atoms with Crippen LogP contribution in [0.1, 0.15) is 0 Å². The summed E-state index contributed by atoms with van der Waals surface area (Å²) in [5, 5.41) is 12.4. The van der Waals surface area contributed by atoms with Gasteiger partial charge in [-0.15, -0.1) is 0 Å². The van der Waals surface area contributed by atoms with Crippen LogP contribution in [0.5, 0.6) is 0 Å². The Kier molecular flexibility index (Phi) is 7.65. The average molecular weight is 828 g/mol. The summed E-state index contributed by atoms with van der Waals surface area (Å²) < 4.78 is 11.3. The molecule has 0 aliphatic carbocycles. The topological polar surface area (TPSA) is 35.9 Å². The van der Waals surface area contributed by atoms with Crippen LogP contribution in [-0.4, -0.2) is 14.1 Å². The molecule has 0 N–H and O–H groups in total. The molecule has 0 spiro atoms. The van der Waals surface area contributed by atoms with E-state index in [1.807, 2.05) is 30.3 Å². The summed E-state index contributed by atoms with van der Waals surface area (Å²) in [6.45, 7) is 0. The molecule has 3 heterocycles. The molecule has 65 heavy (non-hydrogen) atoms. The molecule has 302 valence electrons. The molecule has 11 aromatic carbocycles. The third-order valence-electron chi connectivity index (χ3n) is 13.5. The van der Waals surface area contributed by atoms with Crippen LogP contribution in [0.2, 0.25) is 0 Å². The average Bonchev–Trinajstić information content (AvgIpc) is 4.06. The minimum Gasteiger partial charge on any atom is -0.436 e. The fraction of sp³-hybridized carbons (Fsp3) is 0. The largest absolute Gasteiger partial charge is 0.436 e. The fourth-order valence-electron chi connectivity index (χ4n) is 10.6. The van der Waals surface area contributed by atoms with Crippen LogP contribution < -0.4 is 0 Å². The van der Waals surface area contributed by atoms with E-state index in [9.17, 15) is 0 Å². The fourth-order valence-corrected chi connectivity index (χ4v) is 10.6. The van der Waals surface area contributed by atoms with Crippen molar-refractivity contribution in [3.63, 3.8) is 0 Å². The Bertz CT molecular complexity index is 4180. The van der Waals surface area contributed by atoms with Gasteiger partial charge in [0.05, 0.1) is 22.1 Å². The van der Waals surface area contributed by atoms with Gasteiger partial charge in [0.1, 0.15) is 5.52 Å². The summed E-state index contributed by atoms with van der Waals surface area (Å²) in [4.78, 5) is 4.97. The lowest BCUT2D eigenvalue weighted by Crippen LogP contribution is -1.96. The quantitative estimate of drug-likeness (QED) is 0.162. The van der Waals surface area contributed by atoms with E-state index in [-0.39, 0.29) is 0 Å². The lowest BCUT2D eigenvalue weighted by molar-refractivity contribution is 0.620. The minimum absolute atomic E-state index is 0.622. The van der Waals surface area contributed by atoms with Gasteiger partial charge in [-0.25, -0.2) is 4.98 Å². The van der Waals surface area contributed by atoms with Crippen molar-refractivity contribution in [3.8, 4) is 45.1 Å². The van der Waals surface area contributed by atoms with E-state index in [4.69, 9.17) is 9.40 Å². The first-order valence-corrected chi connectivity index (χ1v) is 22.2. The first-order chi connectivity index (χ1) is 32.2. The molecule has 0 bridgehead atoms. The highest BCUT2D eigenvalue weighted by atomic mass is 16.3. The molecule has 4 nitrogen and oxygen atoms in total. The van der Waals surface area contributed by atoms with Gasteiger partial charge in [0.25, 0.3) is 0 Å². The molecule has 0 fully saturated rings. The first kappa shape index (κ1) is 35.8. The Balaban J connectivity index is 0.942.